The van der Waals surface area contributed by atoms with Crippen LogP contribution in [-0.2, 0) is 14.1 Å². The van der Waals surface area contributed by atoms with Crippen molar-refractivity contribution < 1.29 is 0 Å². The second-order valence-electron chi connectivity index (χ2n) is 5.26. The predicted octanol–water partition coefficient (Wildman–Crippen LogP) is 0.671. The topological polar surface area (TPSA) is 73.0 Å². The molecule has 8 heteroatoms. The number of rotatable bonds is 1. The van der Waals surface area contributed by atoms with Gasteiger partial charge in [0, 0.05) is 27.2 Å². The molecule has 1 fully saturated rings. The zero-order chi connectivity index (χ0) is 15.1. The number of hydrogen-bond acceptors (Lipinski definition) is 5. The van der Waals surface area contributed by atoms with Gasteiger partial charge in [0.25, 0.3) is 5.56 Å². The molecule has 0 bridgehead atoms. The third kappa shape index (κ3) is 2.21. The monoisotopic (exact) mass is 309 g/mol. The maximum atomic E-state index is 12.1. The molecule has 1 aliphatic rings. The molecule has 2 aromatic heterocycles. The molecule has 1 saturated heterocycles. The summed E-state index contributed by atoms with van der Waals surface area (Å²) < 4.78 is 2.33. The Balaban J connectivity index is 2.28. The van der Waals surface area contributed by atoms with Crippen LogP contribution >= 0.6 is 11.6 Å². The van der Waals surface area contributed by atoms with Crippen LogP contribution in [0, 0.1) is 0 Å². The van der Waals surface area contributed by atoms with Crippen LogP contribution in [0.2, 0.25) is 5.15 Å². The van der Waals surface area contributed by atoms with Crippen molar-refractivity contribution in [2.45, 2.75) is 19.3 Å². The molecule has 112 valence electrons. The minimum absolute atomic E-state index is 0.116. The predicted molar refractivity (Wildman–Crippen MR) is 81.1 cm³/mol. The normalized spacial score (nSPS) is 15.7. The highest BCUT2D eigenvalue weighted by molar-refractivity contribution is 6.32. The first kappa shape index (κ1) is 14.1. The molecule has 3 rings (SSSR count). The summed E-state index contributed by atoms with van der Waals surface area (Å²) in [6, 6.07) is 0. The van der Waals surface area contributed by atoms with Crippen molar-refractivity contribution in [1.82, 2.24) is 19.1 Å². The van der Waals surface area contributed by atoms with E-state index in [9.17, 15) is 9.59 Å². The van der Waals surface area contributed by atoms with Gasteiger partial charge in [-0.05, 0) is 19.3 Å². The highest BCUT2D eigenvalue weighted by atomic mass is 35.5. The van der Waals surface area contributed by atoms with Crippen molar-refractivity contribution in [3.8, 4) is 0 Å². The Hall–Kier alpha value is -1.89. The molecule has 0 radical (unpaired) electrons. The van der Waals surface area contributed by atoms with E-state index in [0.717, 1.165) is 30.5 Å². The van der Waals surface area contributed by atoms with E-state index in [-0.39, 0.29) is 16.3 Å². The number of hydrogen-bond donors (Lipinski definition) is 0. The Morgan fingerprint density at radius 3 is 2.33 bits per heavy atom. The van der Waals surface area contributed by atoms with Crippen molar-refractivity contribution in [2.75, 3.05) is 18.0 Å². The van der Waals surface area contributed by atoms with Gasteiger partial charge in [-0.1, -0.05) is 11.6 Å². The molecule has 0 spiro atoms. The van der Waals surface area contributed by atoms with Gasteiger partial charge in [-0.15, -0.1) is 0 Å². The number of nitrogens with zero attached hydrogens (tertiary/aromatic N) is 5. The van der Waals surface area contributed by atoms with E-state index in [2.05, 4.69) is 14.9 Å². The maximum absolute atomic E-state index is 12.1. The van der Waals surface area contributed by atoms with E-state index in [4.69, 9.17) is 11.6 Å². The van der Waals surface area contributed by atoms with E-state index < -0.39 is 11.2 Å². The Labute approximate surface area is 125 Å². The van der Waals surface area contributed by atoms with Gasteiger partial charge in [-0.2, -0.15) is 0 Å². The number of piperidine rings is 1. The molecule has 7 nitrogen and oxygen atoms in total. The molecule has 0 aliphatic carbocycles. The first-order chi connectivity index (χ1) is 10.0. The summed E-state index contributed by atoms with van der Waals surface area (Å²) >= 11 is 6.20. The van der Waals surface area contributed by atoms with Crippen LogP contribution < -0.4 is 16.1 Å². The fraction of sp³-hybridized carbons (Fsp3) is 0.538. The molecule has 3 heterocycles. The van der Waals surface area contributed by atoms with E-state index >= 15 is 0 Å². The lowest BCUT2D eigenvalue weighted by Crippen LogP contribution is -2.38. The first-order valence-electron chi connectivity index (χ1n) is 6.89. The zero-order valence-corrected chi connectivity index (χ0v) is 12.7. The van der Waals surface area contributed by atoms with Gasteiger partial charge < -0.3 is 4.90 Å². The molecule has 21 heavy (non-hydrogen) atoms. The van der Waals surface area contributed by atoms with Crippen LogP contribution in [0.1, 0.15) is 19.3 Å². The smallest absolute Gasteiger partial charge is 0.332 e. The number of anilines is 1. The molecule has 0 saturated carbocycles. The Bertz CT molecular complexity index is 820. The van der Waals surface area contributed by atoms with Crippen molar-refractivity contribution >= 4 is 28.6 Å². The molecular weight excluding hydrogens is 294 g/mol. The van der Waals surface area contributed by atoms with E-state index in [1.807, 2.05) is 0 Å². The number of aryl methyl sites for hydroxylation is 1. The number of aromatic nitrogens is 4. The molecule has 1 aliphatic heterocycles. The van der Waals surface area contributed by atoms with Crippen molar-refractivity contribution in [2.24, 2.45) is 14.1 Å². The average Bonchev–Trinajstić information content (AvgIpc) is 2.51. The maximum Gasteiger partial charge on any atom is 0.332 e. The van der Waals surface area contributed by atoms with Gasteiger partial charge in [-0.3, -0.25) is 13.9 Å². The van der Waals surface area contributed by atoms with Gasteiger partial charge in [0.2, 0.25) is 0 Å². The molecular formula is C13H16ClN5O2. The second-order valence-corrected chi connectivity index (χ2v) is 5.62. The number of fused-ring (bicyclic) bond motifs is 1. The van der Waals surface area contributed by atoms with Crippen molar-refractivity contribution in [3.05, 3.63) is 26.0 Å². The summed E-state index contributed by atoms with van der Waals surface area (Å²) in [7, 11) is 2.99. The average molecular weight is 310 g/mol. The minimum Gasteiger partial charge on any atom is -0.354 e. The third-order valence-electron chi connectivity index (χ3n) is 3.87. The van der Waals surface area contributed by atoms with Crippen LogP contribution in [0.15, 0.2) is 9.59 Å². The van der Waals surface area contributed by atoms with Crippen molar-refractivity contribution in [1.29, 1.82) is 0 Å². The second kappa shape index (κ2) is 5.14. The van der Waals surface area contributed by atoms with Gasteiger partial charge in [0.05, 0.1) is 0 Å². The summed E-state index contributed by atoms with van der Waals surface area (Å²) in [5, 5.41) is 0.208. The highest BCUT2D eigenvalue weighted by Gasteiger charge is 2.20. The van der Waals surface area contributed by atoms with Crippen LogP contribution in [0.4, 0.5) is 5.82 Å². The fourth-order valence-corrected chi connectivity index (χ4v) is 2.89. The fourth-order valence-electron chi connectivity index (χ4n) is 2.64. The molecule has 0 N–H and O–H groups in total. The summed E-state index contributed by atoms with van der Waals surface area (Å²) in [6.45, 7) is 1.72. The van der Waals surface area contributed by atoms with Crippen LogP contribution in [0.25, 0.3) is 11.2 Å². The Morgan fingerprint density at radius 2 is 1.67 bits per heavy atom. The molecule has 0 unspecified atom stereocenters. The lowest BCUT2D eigenvalue weighted by atomic mass is 10.1. The third-order valence-corrected chi connectivity index (χ3v) is 4.13. The van der Waals surface area contributed by atoms with Crippen LogP contribution in [-0.4, -0.2) is 32.2 Å². The largest absolute Gasteiger partial charge is 0.354 e. The number of halogens is 1. The molecule has 0 aromatic carbocycles. The first-order valence-corrected chi connectivity index (χ1v) is 7.26. The summed E-state index contributed by atoms with van der Waals surface area (Å²) in [4.78, 5) is 34.8. The SMILES string of the molecule is Cn1c(=O)c2nc(Cl)c(N3CCCCC3)nc2n(C)c1=O. The van der Waals surface area contributed by atoms with E-state index in [1.165, 1.54) is 18.0 Å². The van der Waals surface area contributed by atoms with Gasteiger partial charge >= 0.3 is 5.69 Å². The van der Waals surface area contributed by atoms with Gasteiger partial charge in [0.1, 0.15) is 0 Å². The van der Waals surface area contributed by atoms with E-state index in [0.29, 0.717) is 5.82 Å². The van der Waals surface area contributed by atoms with Gasteiger partial charge in [0.15, 0.2) is 22.1 Å². The standard InChI is InChI=1S/C13H16ClN5O2/c1-17-10-8(12(20)18(2)13(17)21)15-9(14)11(16-10)19-6-4-3-5-7-19/h3-7H2,1-2H3. The minimum atomic E-state index is -0.479. The van der Waals surface area contributed by atoms with E-state index in [1.54, 1.807) is 7.05 Å². The van der Waals surface area contributed by atoms with Crippen LogP contribution in [0.5, 0.6) is 0 Å². The van der Waals surface area contributed by atoms with Gasteiger partial charge in [-0.25, -0.2) is 14.8 Å². The summed E-state index contributed by atoms with van der Waals surface area (Å²) in [5.41, 5.74) is -0.514. The summed E-state index contributed by atoms with van der Waals surface area (Å²) in [6.07, 6.45) is 3.34. The molecule has 0 amide bonds. The van der Waals surface area contributed by atoms with Crippen LogP contribution in [0.3, 0.4) is 0 Å². The Morgan fingerprint density at radius 1 is 1.00 bits per heavy atom. The van der Waals surface area contributed by atoms with Crippen molar-refractivity contribution in [3.63, 3.8) is 0 Å². The lowest BCUT2D eigenvalue weighted by molar-refractivity contribution is 0.573. The Kier molecular flexibility index (Phi) is 3.44. The molecule has 0 atom stereocenters. The zero-order valence-electron chi connectivity index (χ0n) is 12.0. The summed E-state index contributed by atoms with van der Waals surface area (Å²) in [5.74, 6) is 0.548. The highest BCUT2D eigenvalue weighted by Crippen LogP contribution is 2.25. The molecule has 2 aromatic rings. The quantitative estimate of drug-likeness (QED) is 0.774. The lowest BCUT2D eigenvalue weighted by Gasteiger charge is -2.28.